The minimum Gasteiger partial charge on any atom is -0.373 e. The Labute approximate surface area is 171 Å². The van der Waals surface area contributed by atoms with Crippen LogP contribution >= 0.6 is 0 Å². The molecule has 2 aromatic rings. The van der Waals surface area contributed by atoms with Crippen molar-refractivity contribution in [2.75, 3.05) is 26.7 Å². The van der Waals surface area contributed by atoms with Gasteiger partial charge in [0.15, 0.2) is 0 Å². The van der Waals surface area contributed by atoms with Crippen molar-refractivity contribution >= 4 is 5.91 Å². The quantitative estimate of drug-likeness (QED) is 0.788. The van der Waals surface area contributed by atoms with Crippen molar-refractivity contribution in [3.63, 3.8) is 0 Å². The van der Waals surface area contributed by atoms with Gasteiger partial charge in [-0.25, -0.2) is 4.68 Å². The van der Waals surface area contributed by atoms with Crippen LogP contribution in [0.25, 0.3) is 11.3 Å². The van der Waals surface area contributed by atoms with Crippen molar-refractivity contribution in [3.8, 4) is 11.3 Å². The number of hydrogen-bond donors (Lipinski definition) is 2. The molecule has 8 nitrogen and oxygen atoms in total. The minimum absolute atomic E-state index is 0.0208. The Morgan fingerprint density at radius 1 is 1.24 bits per heavy atom. The number of nitrogens with zero attached hydrogens (tertiary/aromatic N) is 4. The standard InChI is InChI=1S/C21H30N6O2/c1-14-10-26(11-15(2)29-14)12-16-4-6-17(7-5-16)20-13-27(25-24-20)18-8-19(23-9-18)21(28)22-3/h4-7,13-15,18-19,23H,8-12H2,1-3H3,(H,22,28)/t14-,15+,18-,19-/m0/s1. The second-order valence-corrected chi connectivity index (χ2v) is 8.20. The van der Waals surface area contributed by atoms with Crippen molar-refractivity contribution < 1.29 is 9.53 Å². The predicted octanol–water partition coefficient (Wildman–Crippen LogP) is 1.20. The van der Waals surface area contributed by atoms with E-state index in [1.165, 1.54) is 5.56 Å². The Bertz CT molecular complexity index is 826. The number of ether oxygens (including phenoxy) is 1. The zero-order valence-electron chi connectivity index (χ0n) is 17.3. The predicted molar refractivity (Wildman–Crippen MR) is 110 cm³/mol. The van der Waals surface area contributed by atoms with Crippen LogP contribution < -0.4 is 10.6 Å². The van der Waals surface area contributed by atoms with Crippen LogP contribution in [0.4, 0.5) is 0 Å². The zero-order chi connectivity index (χ0) is 20.4. The summed E-state index contributed by atoms with van der Waals surface area (Å²) in [5.41, 5.74) is 3.20. The van der Waals surface area contributed by atoms with Gasteiger partial charge in [0.1, 0.15) is 5.69 Å². The van der Waals surface area contributed by atoms with Gasteiger partial charge >= 0.3 is 0 Å². The molecule has 3 heterocycles. The molecule has 2 aliphatic heterocycles. The van der Waals surface area contributed by atoms with Gasteiger partial charge in [0, 0.05) is 38.8 Å². The summed E-state index contributed by atoms with van der Waals surface area (Å²) in [5.74, 6) is 0.0208. The Hall–Kier alpha value is -2.29. The molecule has 8 heteroatoms. The van der Waals surface area contributed by atoms with Crippen molar-refractivity contribution in [3.05, 3.63) is 36.0 Å². The van der Waals surface area contributed by atoms with Crippen LogP contribution in [0.2, 0.25) is 0 Å². The fraction of sp³-hybridized carbons (Fsp3) is 0.571. The highest BCUT2D eigenvalue weighted by Gasteiger charge is 2.30. The van der Waals surface area contributed by atoms with Crippen LogP contribution in [0, 0.1) is 0 Å². The number of carbonyl (C=O) groups is 1. The SMILES string of the molecule is CNC(=O)[C@@H]1C[C@H](n2cc(-c3ccc(CN4C[C@@H](C)O[C@@H](C)C4)cc3)nn2)CN1. The van der Waals surface area contributed by atoms with Crippen molar-refractivity contribution in [2.24, 2.45) is 0 Å². The Morgan fingerprint density at radius 3 is 2.66 bits per heavy atom. The molecule has 0 spiro atoms. The maximum absolute atomic E-state index is 11.8. The molecule has 1 amide bonds. The lowest BCUT2D eigenvalue weighted by Crippen LogP contribution is -2.44. The van der Waals surface area contributed by atoms with E-state index in [1.807, 2.05) is 10.9 Å². The molecule has 0 aliphatic carbocycles. The van der Waals surface area contributed by atoms with E-state index in [2.05, 4.69) is 64.0 Å². The fourth-order valence-electron chi connectivity index (χ4n) is 4.33. The number of hydrogen-bond acceptors (Lipinski definition) is 6. The van der Waals surface area contributed by atoms with Gasteiger partial charge < -0.3 is 15.4 Å². The molecule has 4 rings (SSSR count). The van der Waals surface area contributed by atoms with Crippen molar-refractivity contribution in [1.82, 2.24) is 30.5 Å². The first-order valence-corrected chi connectivity index (χ1v) is 10.4. The van der Waals surface area contributed by atoms with Crippen LogP contribution in [0.1, 0.15) is 31.9 Å². The minimum atomic E-state index is -0.164. The molecular formula is C21H30N6O2. The molecule has 2 fully saturated rings. The number of likely N-dealkylation sites (N-methyl/N-ethyl adjacent to an activating group) is 1. The third-order valence-electron chi connectivity index (χ3n) is 5.71. The zero-order valence-corrected chi connectivity index (χ0v) is 17.3. The molecule has 156 valence electrons. The molecule has 2 aliphatic rings. The number of nitrogens with one attached hydrogen (secondary N) is 2. The maximum atomic E-state index is 11.8. The van der Waals surface area contributed by atoms with Gasteiger partial charge in [0.05, 0.1) is 30.5 Å². The Morgan fingerprint density at radius 2 is 1.97 bits per heavy atom. The monoisotopic (exact) mass is 398 g/mol. The van der Waals surface area contributed by atoms with E-state index in [4.69, 9.17) is 4.74 Å². The van der Waals surface area contributed by atoms with Crippen molar-refractivity contribution in [1.29, 1.82) is 0 Å². The highest BCUT2D eigenvalue weighted by Crippen LogP contribution is 2.23. The fourth-order valence-corrected chi connectivity index (χ4v) is 4.33. The number of carbonyl (C=O) groups excluding carboxylic acids is 1. The smallest absolute Gasteiger partial charge is 0.236 e. The lowest BCUT2D eigenvalue weighted by atomic mass is 10.1. The molecule has 2 saturated heterocycles. The van der Waals surface area contributed by atoms with E-state index in [0.29, 0.717) is 0 Å². The van der Waals surface area contributed by atoms with E-state index >= 15 is 0 Å². The largest absolute Gasteiger partial charge is 0.373 e. The van der Waals surface area contributed by atoms with Gasteiger partial charge in [-0.1, -0.05) is 29.5 Å². The number of rotatable bonds is 5. The molecule has 0 unspecified atom stereocenters. The molecule has 29 heavy (non-hydrogen) atoms. The summed E-state index contributed by atoms with van der Waals surface area (Å²) in [6.07, 6.45) is 3.25. The van der Waals surface area contributed by atoms with E-state index < -0.39 is 0 Å². The highest BCUT2D eigenvalue weighted by atomic mass is 16.5. The molecule has 0 saturated carbocycles. The second-order valence-electron chi connectivity index (χ2n) is 8.20. The summed E-state index contributed by atoms with van der Waals surface area (Å²) in [6.45, 7) is 7.84. The molecule has 2 N–H and O–H groups in total. The summed E-state index contributed by atoms with van der Waals surface area (Å²) in [6, 6.07) is 8.52. The summed E-state index contributed by atoms with van der Waals surface area (Å²) in [5, 5.41) is 14.6. The number of amides is 1. The Kier molecular flexibility index (Phi) is 5.94. The lowest BCUT2D eigenvalue weighted by molar-refractivity contribution is -0.122. The number of morpholine rings is 1. The molecule has 1 aromatic heterocycles. The molecule has 0 bridgehead atoms. The third kappa shape index (κ3) is 4.66. The average molecular weight is 399 g/mol. The summed E-state index contributed by atoms with van der Waals surface area (Å²) < 4.78 is 7.69. The highest BCUT2D eigenvalue weighted by molar-refractivity contribution is 5.81. The molecule has 0 radical (unpaired) electrons. The van der Waals surface area contributed by atoms with Crippen LogP contribution in [-0.4, -0.2) is 70.7 Å². The number of aromatic nitrogens is 3. The second kappa shape index (κ2) is 8.61. The van der Waals surface area contributed by atoms with E-state index in [1.54, 1.807) is 7.05 Å². The first kappa shape index (κ1) is 20.0. The van der Waals surface area contributed by atoms with Crippen LogP contribution in [0.15, 0.2) is 30.5 Å². The van der Waals surface area contributed by atoms with Gasteiger partial charge in [-0.3, -0.25) is 9.69 Å². The van der Waals surface area contributed by atoms with Crippen LogP contribution in [0.5, 0.6) is 0 Å². The average Bonchev–Trinajstić information content (AvgIpc) is 3.37. The first-order chi connectivity index (χ1) is 14.0. The van der Waals surface area contributed by atoms with E-state index in [0.717, 1.165) is 43.9 Å². The summed E-state index contributed by atoms with van der Waals surface area (Å²) in [7, 11) is 1.66. The van der Waals surface area contributed by atoms with E-state index in [9.17, 15) is 4.79 Å². The van der Waals surface area contributed by atoms with Gasteiger partial charge in [0.2, 0.25) is 5.91 Å². The van der Waals surface area contributed by atoms with Gasteiger partial charge in [-0.15, -0.1) is 5.10 Å². The van der Waals surface area contributed by atoms with Gasteiger partial charge in [-0.2, -0.15) is 0 Å². The normalized spacial score (nSPS) is 27.8. The molecule has 4 atom stereocenters. The van der Waals surface area contributed by atoms with E-state index in [-0.39, 0.29) is 30.2 Å². The molecular weight excluding hydrogens is 368 g/mol. The summed E-state index contributed by atoms with van der Waals surface area (Å²) >= 11 is 0. The van der Waals surface area contributed by atoms with Crippen LogP contribution in [-0.2, 0) is 16.1 Å². The lowest BCUT2D eigenvalue weighted by Gasteiger charge is -2.35. The third-order valence-corrected chi connectivity index (χ3v) is 5.71. The topological polar surface area (TPSA) is 84.3 Å². The van der Waals surface area contributed by atoms with Crippen LogP contribution in [0.3, 0.4) is 0 Å². The number of benzene rings is 1. The first-order valence-electron chi connectivity index (χ1n) is 10.4. The van der Waals surface area contributed by atoms with Crippen molar-refractivity contribution in [2.45, 2.75) is 51.1 Å². The van der Waals surface area contributed by atoms with Gasteiger partial charge in [-0.05, 0) is 25.8 Å². The maximum Gasteiger partial charge on any atom is 0.236 e. The Balaban J connectivity index is 1.38. The van der Waals surface area contributed by atoms with Gasteiger partial charge in [0.25, 0.3) is 0 Å². The molecule has 1 aromatic carbocycles. The summed E-state index contributed by atoms with van der Waals surface area (Å²) in [4.78, 5) is 14.2.